The summed E-state index contributed by atoms with van der Waals surface area (Å²) in [5.41, 5.74) is -3.00. The van der Waals surface area contributed by atoms with Gasteiger partial charge < -0.3 is 57.6 Å². The molecule has 14 nitrogen and oxygen atoms in total. The molecular weight excluding hydrogens is 584 g/mol. The molecule has 0 saturated carbocycles. The minimum Gasteiger partial charge on any atom is -0.481 e. The van der Waals surface area contributed by atoms with Gasteiger partial charge in [-0.2, -0.15) is 0 Å². The predicted molar refractivity (Wildman–Crippen MR) is 159 cm³/mol. The molecule has 0 saturated heterocycles. The maximum Gasteiger partial charge on any atom is 0.342 e. The van der Waals surface area contributed by atoms with Gasteiger partial charge in [0.05, 0.1) is 19.6 Å². The van der Waals surface area contributed by atoms with Crippen molar-refractivity contribution in [1.29, 1.82) is 0 Å². The van der Waals surface area contributed by atoms with E-state index in [9.17, 15) is 19.8 Å². The maximum atomic E-state index is 14.3. The fraction of sp³-hybridized carbons (Fsp3) is 0.933. The highest BCUT2D eigenvalue weighted by Gasteiger charge is 2.87. The fourth-order valence-corrected chi connectivity index (χ4v) is 5.35. The van der Waals surface area contributed by atoms with Crippen LogP contribution in [0, 0.1) is 5.41 Å². The number of carboxylic acids is 2. The molecule has 0 rings (SSSR count). The number of hydrogen-bond acceptors (Lipinski definition) is 12. The second-order valence-electron chi connectivity index (χ2n) is 9.29. The standard InChI is InChI=1S/C30H58O14/c1-11-21-43-29(39-17-7,40-18-8)27(35-13-3,36-14-4)26(25(33)34,23-24(31)32)28(37-15-5,38-16-6)30(41-19-9,42-20-10)44-22-12-2/h11-23H2,1-10H3,(H,31,32)(H,33,34). The van der Waals surface area contributed by atoms with Gasteiger partial charge in [-0.15, -0.1) is 0 Å². The molecule has 0 bridgehead atoms. The Balaban J connectivity index is 9.12. The van der Waals surface area contributed by atoms with Crippen LogP contribution in [0.4, 0.5) is 0 Å². The summed E-state index contributed by atoms with van der Waals surface area (Å²) in [7, 11) is 0. The van der Waals surface area contributed by atoms with Gasteiger partial charge in [0.25, 0.3) is 11.6 Å². The van der Waals surface area contributed by atoms with Crippen LogP contribution in [0.25, 0.3) is 0 Å². The Labute approximate surface area is 262 Å². The van der Waals surface area contributed by atoms with Crippen molar-refractivity contribution in [2.75, 3.05) is 66.1 Å². The number of rotatable bonds is 29. The third-order valence-electron chi connectivity index (χ3n) is 6.43. The van der Waals surface area contributed by atoms with Crippen molar-refractivity contribution in [3.63, 3.8) is 0 Å². The zero-order valence-corrected chi connectivity index (χ0v) is 28.5. The summed E-state index contributed by atoms with van der Waals surface area (Å²) in [6, 6.07) is 0. The van der Waals surface area contributed by atoms with Crippen LogP contribution >= 0.6 is 0 Å². The van der Waals surface area contributed by atoms with Crippen LogP contribution in [0.3, 0.4) is 0 Å². The third kappa shape index (κ3) is 8.27. The van der Waals surface area contributed by atoms with Crippen molar-refractivity contribution < 1.29 is 67.2 Å². The largest absolute Gasteiger partial charge is 0.481 e. The van der Waals surface area contributed by atoms with Crippen LogP contribution < -0.4 is 0 Å². The molecule has 0 aromatic heterocycles. The van der Waals surface area contributed by atoms with Gasteiger partial charge in [-0.1, -0.05) is 13.8 Å². The lowest BCUT2D eigenvalue weighted by Crippen LogP contribution is -2.84. The van der Waals surface area contributed by atoms with Gasteiger partial charge in [0.1, 0.15) is 0 Å². The molecule has 2 N–H and O–H groups in total. The van der Waals surface area contributed by atoms with Gasteiger partial charge in [-0.05, 0) is 68.2 Å². The Morgan fingerprint density at radius 3 is 0.909 bits per heavy atom. The maximum absolute atomic E-state index is 14.3. The van der Waals surface area contributed by atoms with E-state index in [2.05, 4.69) is 0 Å². The molecule has 0 radical (unpaired) electrons. The molecule has 0 amide bonds. The number of hydrogen-bond donors (Lipinski definition) is 2. The lowest BCUT2D eigenvalue weighted by atomic mass is 9.65. The van der Waals surface area contributed by atoms with E-state index < -0.39 is 47.3 Å². The molecule has 14 heteroatoms. The highest BCUT2D eigenvalue weighted by Crippen LogP contribution is 2.60. The molecule has 0 fully saturated rings. The highest BCUT2D eigenvalue weighted by molar-refractivity contribution is 5.84. The lowest BCUT2D eigenvalue weighted by molar-refractivity contribution is -0.572. The van der Waals surface area contributed by atoms with Crippen molar-refractivity contribution in [2.45, 2.75) is 112 Å². The number of carboxylic acid groups (broad SMARTS) is 2. The smallest absolute Gasteiger partial charge is 0.342 e. The average Bonchev–Trinajstić information content (AvgIpc) is 2.97. The summed E-state index contributed by atoms with van der Waals surface area (Å²) in [6.45, 7) is 15.3. The predicted octanol–water partition coefficient (Wildman–Crippen LogP) is 4.38. The number of aliphatic carboxylic acids is 2. The zero-order chi connectivity index (χ0) is 33.9. The van der Waals surface area contributed by atoms with Gasteiger partial charge in [0.15, 0.2) is 0 Å². The Morgan fingerprint density at radius 1 is 0.455 bits per heavy atom. The Bertz CT molecular complexity index is 733. The molecule has 262 valence electrons. The van der Waals surface area contributed by atoms with E-state index in [1.807, 2.05) is 13.8 Å². The summed E-state index contributed by atoms with van der Waals surface area (Å²) < 4.78 is 62.6. The van der Waals surface area contributed by atoms with Gasteiger partial charge in [0, 0.05) is 52.9 Å². The summed E-state index contributed by atoms with van der Waals surface area (Å²) in [5, 5.41) is 22.2. The van der Waals surface area contributed by atoms with E-state index in [0.29, 0.717) is 12.8 Å². The molecule has 0 aliphatic heterocycles. The van der Waals surface area contributed by atoms with Crippen LogP contribution in [0.1, 0.15) is 88.5 Å². The van der Waals surface area contributed by atoms with Crippen LogP contribution in [-0.4, -0.2) is 112 Å². The first-order valence-corrected chi connectivity index (χ1v) is 15.8. The molecule has 0 aliphatic carbocycles. The minimum absolute atomic E-state index is 0.0185. The molecule has 44 heavy (non-hydrogen) atoms. The van der Waals surface area contributed by atoms with Gasteiger partial charge in [-0.3, -0.25) is 9.59 Å². The van der Waals surface area contributed by atoms with Crippen LogP contribution in [0.2, 0.25) is 0 Å². The van der Waals surface area contributed by atoms with E-state index in [-0.39, 0.29) is 66.1 Å². The molecule has 0 aliphatic rings. The number of ether oxygens (including phenoxy) is 10. The van der Waals surface area contributed by atoms with Gasteiger partial charge >= 0.3 is 23.9 Å². The van der Waals surface area contributed by atoms with Crippen LogP contribution in [0.15, 0.2) is 0 Å². The second kappa shape index (κ2) is 20.6. The van der Waals surface area contributed by atoms with Crippen molar-refractivity contribution in [3.05, 3.63) is 0 Å². The SMILES string of the molecule is CCCOC(OCC)(OCC)C(OCC)(OCC)C(CC(=O)O)(C(=O)O)C(OCC)(OCC)C(OCC)(OCC)OCCC. The first-order chi connectivity index (χ1) is 21.0. The van der Waals surface area contributed by atoms with E-state index in [1.165, 1.54) is 0 Å². The van der Waals surface area contributed by atoms with Crippen molar-refractivity contribution in [1.82, 2.24) is 0 Å². The summed E-state index contributed by atoms with van der Waals surface area (Å²) in [5.74, 6) is -13.9. The average molecular weight is 643 g/mol. The quantitative estimate of drug-likeness (QED) is 0.110. The molecule has 0 heterocycles. The lowest BCUT2D eigenvalue weighted by Gasteiger charge is -2.61. The van der Waals surface area contributed by atoms with Crippen LogP contribution in [-0.2, 0) is 57.0 Å². The molecule has 0 spiro atoms. The monoisotopic (exact) mass is 642 g/mol. The zero-order valence-electron chi connectivity index (χ0n) is 28.5. The molecular formula is C30H58O14. The van der Waals surface area contributed by atoms with Crippen molar-refractivity contribution >= 4 is 11.9 Å². The summed E-state index contributed by atoms with van der Waals surface area (Å²) in [4.78, 5) is 27.3. The molecule has 0 atom stereocenters. The molecule has 0 aromatic rings. The second-order valence-corrected chi connectivity index (χ2v) is 9.29. The fourth-order valence-electron chi connectivity index (χ4n) is 5.35. The molecule has 0 unspecified atom stereocenters. The summed E-state index contributed by atoms with van der Waals surface area (Å²) in [6.07, 6.45) is -0.353. The topological polar surface area (TPSA) is 167 Å². The summed E-state index contributed by atoms with van der Waals surface area (Å²) >= 11 is 0. The van der Waals surface area contributed by atoms with Gasteiger partial charge in [-0.25, -0.2) is 0 Å². The number of carbonyl (C=O) groups is 2. The normalized spacial score (nSPS) is 13.4. The minimum atomic E-state index is -3.00. The van der Waals surface area contributed by atoms with E-state index in [4.69, 9.17) is 47.4 Å². The van der Waals surface area contributed by atoms with Crippen molar-refractivity contribution in [2.24, 2.45) is 5.41 Å². The van der Waals surface area contributed by atoms with E-state index in [0.717, 1.165) is 0 Å². The first kappa shape index (κ1) is 42.5. The molecule has 0 aromatic carbocycles. The Hall–Kier alpha value is -1.46. The van der Waals surface area contributed by atoms with Crippen molar-refractivity contribution in [3.8, 4) is 0 Å². The van der Waals surface area contributed by atoms with Crippen LogP contribution in [0.5, 0.6) is 0 Å². The Kier molecular flexibility index (Phi) is 19.9. The Morgan fingerprint density at radius 2 is 0.727 bits per heavy atom. The third-order valence-corrected chi connectivity index (χ3v) is 6.43. The first-order valence-electron chi connectivity index (χ1n) is 15.8. The van der Waals surface area contributed by atoms with E-state index in [1.54, 1.807) is 55.4 Å². The highest BCUT2D eigenvalue weighted by atomic mass is 16.9. The van der Waals surface area contributed by atoms with E-state index >= 15 is 0 Å². The van der Waals surface area contributed by atoms with Gasteiger partial charge in [0.2, 0.25) is 5.41 Å².